The van der Waals surface area contributed by atoms with Crippen LogP contribution in [0.4, 0.5) is 10.1 Å². The first-order chi connectivity index (χ1) is 9.10. The molecule has 0 aliphatic heterocycles. The minimum atomic E-state index is -0.160. The number of hydrogen-bond donors (Lipinski definition) is 2. The largest absolute Gasteiger partial charge is 0.494 e. The van der Waals surface area contributed by atoms with Crippen LogP contribution in [0.2, 0.25) is 0 Å². The molecule has 19 heavy (non-hydrogen) atoms. The SMILES string of the molecule is CCOc1ccc(-c2nc(NC(C)=O)sc2N)cc1. The lowest BCUT2D eigenvalue weighted by Gasteiger charge is -2.03. The highest BCUT2D eigenvalue weighted by atomic mass is 32.1. The number of carbonyl (C=O) groups is 1. The van der Waals surface area contributed by atoms with Gasteiger partial charge in [0.05, 0.1) is 6.61 Å². The first-order valence-electron chi connectivity index (χ1n) is 5.87. The number of nitrogens with one attached hydrogen (secondary N) is 1. The van der Waals surface area contributed by atoms with Crippen molar-refractivity contribution in [2.24, 2.45) is 0 Å². The van der Waals surface area contributed by atoms with Crippen molar-refractivity contribution in [3.63, 3.8) is 0 Å². The Bertz CT molecular complexity index is 578. The average Bonchev–Trinajstić information content (AvgIpc) is 2.71. The van der Waals surface area contributed by atoms with Gasteiger partial charge in [-0.25, -0.2) is 4.98 Å². The third kappa shape index (κ3) is 3.23. The van der Waals surface area contributed by atoms with Crippen LogP contribution in [0, 0.1) is 0 Å². The summed E-state index contributed by atoms with van der Waals surface area (Å²) in [5.41, 5.74) is 7.49. The van der Waals surface area contributed by atoms with E-state index in [1.54, 1.807) is 0 Å². The predicted molar refractivity (Wildman–Crippen MR) is 77.4 cm³/mol. The molecule has 0 unspecified atom stereocenters. The molecule has 0 aliphatic carbocycles. The number of nitrogen functional groups attached to an aromatic ring is 1. The van der Waals surface area contributed by atoms with Gasteiger partial charge in [-0.2, -0.15) is 0 Å². The van der Waals surface area contributed by atoms with Crippen LogP contribution in [0.3, 0.4) is 0 Å². The molecule has 1 heterocycles. The molecule has 0 radical (unpaired) electrons. The van der Waals surface area contributed by atoms with E-state index in [4.69, 9.17) is 10.5 Å². The fourth-order valence-electron chi connectivity index (χ4n) is 1.62. The number of rotatable bonds is 4. The molecule has 0 bridgehead atoms. The summed E-state index contributed by atoms with van der Waals surface area (Å²) in [5, 5.41) is 3.72. The van der Waals surface area contributed by atoms with Gasteiger partial charge in [0.15, 0.2) is 5.13 Å². The molecule has 1 aromatic carbocycles. The Morgan fingerprint density at radius 3 is 2.68 bits per heavy atom. The van der Waals surface area contributed by atoms with Gasteiger partial charge < -0.3 is 15.8 Å². The van der Waals surface area contributed by atoms with Crippen molar-refractivity contribution >= 4 is 27.4 Å². The standard InChI is InChI=1S/C13H15N3O2S/c1-3-18-10-6-4-9(5-7-10)11-12(14)19-13(16-11)15-8(2)17/h4-7H,3,14H2,1-2H3,(H,15,16,17). The molecule has 5 nitrogen and oxygen atoms in total. The smallest absolute Gasteiger partial charge is 0.223 e. The number of benzene rings is 1. The van der Waals surface area contributed by atoms with E-state index in [0.717, 1.165) is 11.3 Å². The number of aromatic nitrogens is 1. The summed E-state index contributed by atoms with van der Waals surface area (Å²) in [5.74, 6) is 0.647. The summed E-state index contributed by atoms with van der Waals surface area (Å²) in [6.45, 7) is 4.01. The number of nitrogens with zero attached hydrogens (tertiary/aromatic N) is 1. The fourth-order valence-corrected chi connectivity index (χ4v) is 2.42. The van der Waals surface area contributed by atoms with Crippen molar-refractivity contribution in [2.75, 3.05) is 17.7 Å². The Labute approximate surface area is 115 Å². The van der Waals surface area contributed by atoms with Crippen LogP contribution in [-0.4, -0.2) is 17.5 Å². The summed E-state index contributed by atoms with van der Waals surface area (Å²) in [6.07, 6.45) is 0. The normalized spacial score (nSPS) is 10.2. The number of hydrogen-bond acceptors (Lipinski definition) is 5. The summed E-state index contributed by atoms with van der Waals surface area (Å²) in [6, 6.07) is 7.54. The molecule has 0 fully saturated rings. The Morgan fingerprint density at radius 1 is 1.42 bits per heavy atom. The first-order valence-corrected chi connectivity index (χ1v) is 6.69. The van der Waals surface area contributed by atoms with E-state index in [0.29, 0.717) is 22.4 Å². The summed E-state index contributed by atoms with van der Waals surface area (Å²) in [4.78, 5) is 15.3. The monoisotopic (exact) mass is 277 g/mol. The molecule has 0 spiro atoms. The van der Waals surface area contributed by atoms with E-state index >= 15 is 0 Å². The van der Waals surface area contributed by atoms with E-state index in [-0.39, 0.29) is 5.91 Å². The predicted octanol–water partition coefficient (Wildman–Crippen LogP) is 2.75. The zero-order chi connectivity index (χ0) is 13.8. The zero-order valence-corrected chi connectivity index (χ0v) is 11.6. The van der Waals surface area contributed by atoms with Crippen LogP contribution in [0.1, 0.15) is 13.8 Å². The topological polar surface area (TPSA) is 77.2 Å². The zero-order valence-electron chi connectivity index (χ0n) is 10.8. The second-order valence-electron chi connectivity index (χ2n) is 3.87. The summed E-state index contributed by atoms with van der Waals surface area (Å²) >= 11 is 1.26. The van der Waals surface area contributed by atoms with Crippen LogP contribution in [0.5, 0.6) is 5.75 Å². The average molecular weight is 277 g/mol. The van der Waals surface area contributed by atoms with Crippen molar-refractivity contribution < 1.29 is 9.53 Å². The summed E-state index contributed by atoms with van der Waals surface area (Å²) in [7, 11) is 0. The maximum Gasteiger partial charge on any atom is 0.223 e. The van der Waals surface area contributed by atoms with Crippen LogP contribution in [0.15, 0.2) is 24.3 Å². The van der Waals surface area contributed by atoms with Crippen LogP contribution >= 0.6 is 11.3 Å². The first kappa shape index (κ1) is 13.4. The molecule has 100 valence electrons. The van der Waals surface area contributed by atoms with Gasteiger partial charge in [0.25, 0.3) is 0 Å². The second-order valence-corrected chi connectivity index (χ2v) is 4.90. The van der Waals surface area contributed by atoms with Crippen LogP contribution in [-0.2, 0) is 4.79 Å². The number of nitrogens with two attached hydrogens (primary N) is 1. The third-order valence-corrected chi connectivity index (χ3v) is 3.18. The number of anilines is 2. The van der Waals surface area contributed by atoms with Gasteiger partial charge in [0.1, 0.15) is 16.4 Å². The van der Waals surface area contributed by atoms with E-state index in [9.17, 15) is 4.79 Å². The molecule has 0 atom stereocenters. The molecule has 0 saturated heterocycles. The maximum atomic E-state index is 11.0. The summed E-state index contributed by atoms with van der Waals surface area (Å²) < 4.78 is 5.38. The van der Waals surface area contributed by atoms with Gasteiger partial charge in [0, 0.05) is 12.5 Å². The number of carbonyl (C=O) groups excluding carboxylic acids is 1. The number of thiazole rings is 1. The quantitative estimate of drug-likeness (QED) is 0.900. The third-order valence-electron chi connectivity index (χ3n) is 2.38. The highest BCUT2D eigenvalue weighted by Crippen LogP contribution is 2.33. The second kappa shape index (κ2) is 5.71. The van der Waals surface area contributed by atoms with E-state index in [1.165, 1.54) is 18.3 Å². The molecule has 3 N–H and O–H groups in total. The lowest BCUT2D eigenvalue weighted by molar-refractivity contribution is -0.114. The van der Waals surface area contributed by atoms with Crippen LogP contribution in [0.25, 0.3) is 11.3 Å². The molecule has 1 amide bonds. The fraction of sp³-hybridized carbons (Fsp3) is 0.231. The van der Waals surface area contributed by atoms with Gasteiger partial charge in [-0.15, -0.1) is 0 Å². The molecular formula is C13H15N3O2S. The molecule has 2 rings (SSSR count). The Kier molecular flexibility index (Phi) is 4.01. The van der Waals surface area contributed by atoms with Crippen molar-refractivity contribution in [3.8, 4) is 17.0 Å². The molecule has 6 heteroatoms. The highest BCUT2D eigenvalue weighted by Gasteiger charge is 2.11. The minimum Gasteiger partial charge on any atom is -0.494 e. The van der Waals surface area contributed by atoms with Crippen molar-refractivity contribution in [1.82, 2.24) is 4.98 Å². The molecule has 2 aromatic rings. The van der Waals surface area contributed by atoms with Gasteiger partial charge in [-0.3, -0.25) is 4.79 Å². The Hall–Kier alpha value is -2.08. The highest BCUT2D eigenvalue weighted by molar-refractivity contribution is 7.20. The van der Waals surface area contributed by atoms with Crippen molar-refractivity contribution in [2.45, 2.75) is 13.8 Å². The van der Waals surface area contributed by atoms with Crippen molar-refractivity contribution in [3.05, 3.63) is 24.3 Å². The molecule has 1 aromatic heterocycles. The molecule has 0 aliphatic rings. The van der Waals surface area contributed by atoms with Crippen LogP contribution < -0.4 is 15.8 Å². The lowest BCUT2D eigenvalue weighted by atomic mass is 10.1. The van der Waals surface area contributed by atoms with E-state index in [2.05, 4.69) is 10.3 Å². The van der Waals surface area contributed by atoms with Gasteiger partial charge in [-0.05, 0) is 31.2 Å². The number of amides is 1. The van der Waals surface area contributed by atoms with Gasteiger partial charge in [-0.1, -0.05) is 11.3 Å². The van der Waals surface area contributed by atoms with Crippen molar-refractivity contribution in [1.29, 1.82) is 0 Å². The van der Waals surface area contributed by atoms with E-state index in [1.807, 2.05) is 31.2 Å². The van der Waals surface area contributed by atoms with Gasteiger partial charge >= 0.3 is 0 Å². The molecule has 0 saturated carbocycles. The maximum absolute atomic E-state index is 11.0. The molecular weight excluding hydrogens is 262 g/mol. The lowest BCUT2D eigenvalue weighted by Crippen LogP contribution is -2.04. The van der Waals surface area contributed by atoms with E-state index < -0.39 is 0 Å². The Balaban J connectivity index is 2.25. The Morgan fingerprint density at radius 2 is 2.11 bits per heavy atom. The minimum absolute atomic E-state index is 0.160. The number of ether oxygens (including phenoxy) is 1. The van der Waals surface area contributed by atoms with Gasteiger partial charge in [0.2, 0.25) is 5.91 Å².